The normalized spacial score (nSPS) is 26.4. The number of nitrogens with zero attached hydrogens (tertiary/aromatic N) is 2. The summed E-state index contributed by atoms with van der Waals surface area (Å²) in [4.78, 5) is 37.7. The maximum absolute atomic E-state index is 12.3. The van der Waals surface area contributed by atoms with E-state index in [1.807, 2.05) is 0 Å². The zero-order valence-electron chi connectivity index (χ0n) is 11.7. The van der Waals surface area contributed by atoms with Crippen molar-refractivity contribution < 1.29 is 19.5 Å². The van der Waals surface area contributed by atoms with Crippen LogP contribution in [0.2, 0.25) is 0 Å². The molecule has 2 unspecified atom stereocenters. The van der Waals surface area contributed by atoms with E-state index in [1.165, 1.54) is 6.92 Å². The third kappa shape index (κ3) is 3.40. The molecule has 2 atom stereocenters. The van der Waals surface area contributed by atoms with Crippen LogP contribution in [0.15, 0.2) is 0 Å². The van der Waals surface area contributed by atoms with Gasteiger partial charge in [0.2, 0.25) is 5.91 Å². The number of carboxylic acid groups (broad SMARTS) is 1. The van der Waals surface area contributed by atoms with Gasteiger partial charge in [0.15, 0.2) is 0 Å². The first-order chi connectivity index (χ1) is 9.47. The van der Waals surface area contributed by atoms with Crippen LogP contribution >= 0.6 is 0 Å². The van der Waals surface area contributed by atoms with Gasteiger partial charge < -0.3 is 20.2 Å². The molecule has 0 bridgehead atoms. The lowest BCUT2D eigenvalue weighted by molar-refractivity contribution is -0.143. The van der Waals surface area contributed by atoms with Gasteiger partial charge in [-0.2, -0.15) is 0 Å². The van der Waals surface area contributed by atoms with E-state index in [2.05, 4.69) is 5.32 Å². The second-order valence-corrected chi connectivity index (χ2v) is 5.54. The highest BCUT2D eigenvalue weighted by Gasteiger charge is 2.33. The van der Waals surface area contributed by atoms with E-state index < -0.39 is 11.9 Å². The van der Waals surface area contributed by atoms with Crippen LogP contribution in [0.1, 0.15) is 26.2 Å². The second kappa shape index (κ2) is 6.11. The third-order valence-corrected chi connectivity index (χ3v) is 3.91. The Labute approximate surface area is 117 Å². The smallest absolute Gasteiger partial charge is 0.320 e. The van der Waals surface area contributed by atoms with Crippen molar-refractivity contribution in [3.8, 4) is 0 Å². The molecular formula is C13H21N3O4. The van der Waals surface area contributed by atoms with Gasteiger partial charge in [-0.1, -0.05) is 0 Å². The standard InChI is InChI=1S/C13H21N3O4/c1-9(17)14-11-4-6-16(8-11)13(20)15-5-2-3-10(7-15)12(18)19/h10-11H,2-8H2,1H3,(H,14,17)(H,18,19). The van der Waals surface area contributed by atoms with Crippen LogP contribution in [0.4, 0.5) is 4.79 Å². The summed E-state index contributed by atoms with van der Waals surface area (Å²) in [5.41, 5.74) is 0. The van der Waals surface area contributed by atoms with E-state index in [-0.39, 0.29) is 24.5 Å². The lowest BCUT2D eigenvalue weighted by atomic mass is 9.99. The molecule has 2 N–H and O–H groups in total. The number of rotatable bonds is 2. The summed E-state index contributed by atoms with van der Waals surface area (Å²) < 4.78 is 0. The molecule has 2 aliphatic rings. The molecule has 0 aromatic rings. The van der Waals surface area contributed by atoms with Gasteiger partial charge in [-0.05, 0) is 19.3 Å². The van der Waals surface area contributed by atoms with Crippen LogP contribution in [-0.2, 0) is 9.59 Å². The molecule has 0 spiro atoms. The first kappa shape index (κ1) is 14.6. The number of carbonyl (C=O) groups excluding carboxylic acids is 2. The van der Waals surface area contributed by atoms with Gasteiger partial charge in [0.25, 0.3) is 0 Å². The lowest BCUT2D eigenvalue weighted by Gasteiger charge is -2.33. The fourth-order valence-corrected chi connectivity index (χ4v) is 2.89. The minimum Gasteiger partial charge on any atom is -0.481 e. The van der Waals surface area contributed by atoms with Gasteiger partial charge in [-0.25, -0.2) is 4.79 Å². The molecule has 0 aromatic heterocycles. The summed E-state index contributed by atoms with van der Waals surface area (Å²) in [5.74, 6) is -1.38. The fraction of sp³-hybridized carbons (Fsp3) is 0.769. The van der Waals surface area contributed by atoms with E-state index in [0.717, 1.165) is 12.8 Å². The van der Waals surface area contributed by atoms with Crippen molar-refractivity contribution in [3.05, 3.63) is 0 Å². The Kier molecular flexibility index (Phi) is 4.46. The van der Waals surface area contributed by atoms with Gasteiger partial charge in [0.1, 0.15) is 0 Å². The molecule has 112 valence electrons. The van der Waals surface area contributed by atoms with Gasteiger partial charge in [-0.15, -0.1) is 0 Å². The summed E-state index contributed by atoms with van der Waals surface area (Å²) >= 11 is 0. The highest BCUT2D eigenvalue weighted by atomic mass is 16.4. The molecule has 7 nitrogen and oxygen atoms in total. The van der Waals surface area contributed by atoms with Gasteiger partial charge in [-0.3, -0.25) is 9.59 Å². The first-order valence-electron chi connectivity index (χ1n) is 7.01. The molecular weight excluding hydrogens is 262 g/mol. The predicted molar refractivity (Wildman–Crippen MR) is 71.1 cm³/mol. The Bertz CT molecular complexity index is 412. The van der Waals surface area contributed by atoms with Crippen molar-refractivity contribution in [1.29, 1.82) is 0 Å². The summed E-state index contributed by atoms with van der Waals surface area (Å²) in [6, 6.07) is -0.0969. The molecule has 3 amide bonds. The largest absolute Gasteiger partial charge is 0.481 e. The summed E-state index contributed by atoms with van der Waals surface area (Å²) in [5, 5.41) is 11.9. The predicted octanol–water partition coefficient (Wildman–Crippen LogP) is 0.113. The number of carboxylic acids is 1. The zero-order valence-corrected chi connectivity index (χ0v) is 11.7. The topological polar surface area (TPSA) is 90.0 Å². The quantitative estimate of drug-likeness (QED) is 0.753. The minimum absolute atomic E-state index is 0.0107. The number of urea groups is 1. The maximum Gasteiger partial charge on any atom is 0.320 e. The van der Waals surface area contributed by atoms with E-state index in [4.69, 9.17) is 5.11 Å². The molecule has 7 heteroatoms. The number of carbonyl (C=O) groups is 3. The second-order valence-electron chi connectivity index (χ2n) is 5.54. The van der Waals surface area contributed by atoms with Crippen molar-refractivity contribution in [3.63, 3.8) is 0 Å². The van der Waals surface area contributed by atoms with Gasteiger partial charge in [0.05, 0.1) is 5.92 Å². The van der Waals surface area contributed by atoms with Crippen LogP contribution in [0.5, 0.6) is 0 Å². The average molecular weight is 283 g/mol. The number of hydrogen-bond acceptors (Lipinski definition) is 3. The van der Waals surface area contributed by atoms with Crippen molar-refractivity contribution >= 4 is 17.9 Å². The van der Waals surface area contributed by atoms with Gasteiger partial charge in [0, 0.05) is 39.1 Å². The molecule has 2 heterocycles. The summed E-state index contributed by atoms with van der Waals surface area (Å²) in [7, 11) is 0. The molecule has 0 aromatic carbocycles. The van der Waals surface area contributed by atoms with Crippen molar-refractivity contribution in [2.75, 3.05) is 26.2 Å². The zero-order chi connectivity index (χ0) is 14.7. The molecule has 2 aliphatic heterocycles. The average Bonchev–Trinajstić information content (AvgIpc) is 2.85. The molecule has 2 saturated heterocycles. The summed E-state index contributed by atoms with van der Waals surface area (Å²) in [6.45, 7) is 3.48. The molecule has 0 aliphatic carbocycles. The number of aliphatic carboxylic acids is 1. The number of amides is 3. The third-order valence-electron chi connectivity index (χ3n) is 3.91. The van der Waals surface area contributed by atoms with Crippen LogP contribution in [0.3, 0.4) is 0 Å². The van der Waals surface area contributed by atoms with Crippen LogP contribution in [0, 0.1) is 5.92 Å². The number of piperidine rings is 1. The number of nitrogens with one attached hydrogen (secondary N) is 1. The Morgan fingerprint density at radius 2 is 1.80 bits per heavy atom. The molecule has 0 radical (unpaired) electrons. The van der Waals surface area contributed by atoms with E-state index >= 15 is 0 Å². The van der Waals surface area contributed by atoms with E-state index in [0.29, 0.717) is 26.1 Å². The van der Waals surface area contributed by atoms with Crippen molar-refractivity contribution in [1.82, 2.24) is 15.1 Å². The SMILES string of the molecule is CC(=O)NC1CCN(C(=O)N2CCCC(C(=O)O)C2)C1. The Balaban J connectivity index is 1.88. The molecule has 2 fully saturated rings. The van der Waals surface area contributed by atoms with Crippen LogP contribution in [0.25, 0.3) is 0 Å². The molecule has 0 saturated carbocycles. The van der Waals surface area contributed by atoms with Crippen LogP contribution < -0.4 is 5.32 Å². The maximum atomic E-state index is 12.3. The fourth-order valence-electron chi connectivity index (χ4n) is 2.89. The van der Waals surface area contributed by atoms with Crippen molar-refractivity contribution in [2.45, 2.75) is 32.2 Å². The Morgan fingerprint density at radius 3 is 2.45 bits per heavy atom. The van der Waals surface area contributed by atoms with Crippen LogP contribution in [-0.4, -0.2) is 65.0 Å². The highest BCUT2D eigenvalue weighted by molar-refractivity contribution is 5.77. The monoisotopic (exact) mass is 283 g/mol. The van der Waals surface area contributed by atoms with E-state index in [9.17, 15) is 14.4 Å². The summed E-state index contributed by atoms with van der Waals surface area (Å²) in [6.07, 6.45) is 2.11. The lowest BCUT2D eigenvalue weighted by Crippen LogP contribution is -2.49. The molecule has 2 rings (SSSR count). The number of hydrogen-bond donors (Lipinski definition) is 2. The van der Waals surface area contributed by atoms with E-state index in [1.54, 1.807) is 9.80 Å². The van der Waals surface area contributed by atoms with Crippen molar-refractivity contribution in [2.24, 2.45) is 5.92 Å². The molecule has 20 heavy (non-hydrogen) atoms. The Hall–Kier alpha value is -1.79. The minimum atomic E-state index is -0.833. The number of likely N-dealkylation sites (tertiary alicyclic amines) is 2. The van der Waals surface area contributed by atoms with Gasteiger partial charge >= 0.3 is 12.0 Å². The highest BCUT2D eigenvalue weighted by Crippen LogP contribution is 2.20. The Morgan fingerprint density at radius 1 is 1.10 bits per heavy atom. The first-order valence-corrected chi connectivity index (χ1v) is 7.01.